The molecule has 0 aromatic heterocycles. The highest BCUT2D eigenvalue weighted by Crippen LogP contribution is 2.27. The monoisotopic (exact) mass is 296 g/mol. The summed E-state index contributed by atoms with van der Waals surface area (Å²) in [6.45, 7) is -0.197. The molecule has 0 atom stereocenters. The summed E-state index contributed by atoms with van der Waals surface area (Å²) in [5, 5.41) is 9.73. The molecule has 0 bridgehead atoms. The SMILES string of the molecule is COc1ccc(Cl)cc1COc1c(F)cccc1CO. The van der Waals surface area contributed by atoms with E-state index < -0.39 is 5.82 Å². The van der Waals surface area contributed by atoms with Crippen LogP contribution in [0.25, 0.3) is 0 Å². The van der Waals surface area contributed by atoms with Gasteiger partial charge in [-0.05, 0) is 24.3 Å². The smallest absolute Gasteiger partial charge is 0.165 e. The van der Waals surface area contributed by atoms with Gasteiger partial charge in [0.25, 0.3) is 0 Å². The average molecular weight is 297 g/mol. The van der Waals surface area contributed by atoms with Crippen molar-refractivity contribution in [1.29, 1.82) is 0 Å². The highest BCUT2D eigenvalue weighted by molar-refractivity contribution is 6.30. The largest absolute Gasteiger partial charge is 0.496 e. The van der Waals surface area contributed by atoms with Gasteiger partial charge < -0.3 is 14.6 Å². The Morgan fingerprint density at radius 3 is 2.70 bits per heavy atom. The van der Waals surface area contributed by atoms with Gasteiger partial charge in [-0.15, -0.1) is 0 Å². The minimum absolute atomic E-state index is 0.0389. The Bertz CT molecular complexity index is 602. The molecule has 2 rings (SSSR count). The molecule has 1 N–H and O–H groups in total. The summed E-state index contributed by atoms with van der Waals surface area (Å²) >= 11 is 5.92. The number of aliphatic hydroxyl groups excluding tert-OH is 1. The molecule has 2 aromatic carbocycles. The molecule has 0 aliphatic carbocycles. The number of ether oxygens (including phenoxy) is 2. The Hall–Kier alpha value is -1.78. The van der Waals surface area contributed by atoms with Crippen molar-refractivity contribution in [3.05, 3.63) is 58.4 Å². The Morgan fingerprint density at radius 1 is 1.20 bits per heavy atom. The van der Waals surface area contributed by atoms with Crippen LogP contribution >= 0.6 is 11.6 Å². The van der Waals surface area contributed by atoms with E-state index in [0.717, 1.165) is 0 Å². The summed E-state index contributed by atoms with van der Waals surface area (Å²) in [6.07, 6.45) is 0. The molecule has 0 spiro atoms. The maximum atomic E-state index is 13.7. The molecule has 5 heteroatoms. The highest BCUT2D eigenvalue weighted by atomic mass is 35.5. The first-order chi connectivity index (χ1) is 9.65. The van der Waals surface area contributed by atoms with Crippen LogP contribution in [-0.4, -0.2) is 12.2 Å². The van der Waals surface area contributed by atoms with Crippen LogP contribution in [0.3, 0.4) is 0 Å². The van der Waals surface area contributed by atoms with Crippen LogP contribution in [0.5, 0.6) is 11.5 Å². The number of hydrogen-bond acceptors (Lipinski definition) is 3. The van der Waals surface area contributed by atoms with E-state index in [1.54, 1.807) is 24.3 Å². The first-order valence-electron chi connectivity index (χ1n) is 5.99. The molecule has 20 heavy (non-hydrogen) atoms. The standard InChI is InChI=1S/C15H14ClFO3/c1-19-14-6-5-12(16)7-11(14)9-20-15-10(8-18)3-2-4-13(15)17/h2-7,18H,8-9H2,1H3. The van der Waals surface area contributed by atoms with Gasteiger partial charge in [-0.1, -0.05) is 23.7 Å². The fraction of sp³-hybridized carbons (Fsp3) is 0.200. The number of benzene rings is 2. The summed E-state index contributed by atoms with van der Waals surface area (Å²) in [6, 6.07) is 9.52. The summed E-state index contributed by atoms with van der Waals surface area (Å²) in [4.78, 5) is 0. The van der Waals surface area contributed by atoms with E-state index in [9.17, 15) is 9.50 Å². The van der Waals surface area contributed by atoms with Gasteiger partial charge in [0.1, 0.15) is 12.4 Å². The Kier molecular flexibility index (Phi) is 4.82. The molecule has 0 unspecified atom stereocenters. The lowest BCUT2D eigenvalue weighted by Crippen LogP contribution is -2.03. The molecule has 0 amide bonds. The first-order valence-corrected chi connectivity index (χ1v) is 6.37. The zero-order valence-electron chi connectivity index (χ0n) is 10.9. The van der Waals surface area contributed by atoms with E-state index in [-0.39, 0.29) is 19.0 Å². The van der Waals surface area contributed by atoms with Crippen molar-refractivity contribution in [3.63, 3.8) is 0 Å². The Morgan fingerprint density at radius 2 is 2.00 bits per heavy atom. The fourth-order valence-electron chi connectivity index (χ4n) is 1.85. The molecular formula is C15H14ClFO3. The molecule has 0 saturated heterocycles. The molecule has 2 aromatic rings. The van der Waals surface area contributed by atoms with E-state index in [1.807, 2.05) is 0 Å². The van der Waals surface area contributed by atoms with Crippen LogP contribution in [0, 0.1) is 5.82 Å². The first kappa shape index (κ1) is 14.6. The second-order valence-corrected chi connectivity index (χ2v) is 4.57. The van der Waals surface area contributed by atoms with Gasteiger partial charge in [-0.3, -0.25) is 0 Å². The second kappa shape index (κ2) is 6.59. The van der Waals surface area contributed by atoms with Crippen molar-refractivity contribution in [2.75, 3.05) is 7.11 Å². The van der Waals surface area contributed by atoms with Crippen molar-refractivity contribution >= 4 is 11.6 Å². The predicted molar refractivity (Wildman–Crippen MR) is 74.7 cm³/mol. The summed E-state index contributed by atoms with van der Waals surface area (Å²) in [7, 11) is 1.54. The van der Waals surface area contributed by atoms with E-state index in [1.165, 1.54) is 19.2 Å². The van der Waals surface area contributed by atoms with Crippen molar-refractivity contribution in [3.8, 4) is 11.5 Å². The number of para-hydroxylation sites is 1. The zero-order chi connectivity index (χ0) is 14.5. The third-order valence-electron chi connectivity index (χ3n) is 2.83. The highest BCUT2D eigenvalue weighted by Gasteiger charge is 2.11. The van der Waals surface area contributed by atoms with Gasteiger partial charge in [-0.25, -0.2) is 4.39 Å². The van der Waals surface area contributed by atoms with Crippen molar-refractivity contribution in [1.82, 2.24) is 0 Å². The molecule has 0 radical (unpaired) electrons. The van der Waals surface area contributed by atoms with E-state index in [0.29, 0.717) is 21.9 Å². The van der Waals surface area contributed by atoms with Gasteiger partial charge in [0.2, 0.25) is 0 Å². The average Bonchev–Trinajstić information content (AvgIpc) is 2.46. The number of rotatable bonds is 5. The van der Waals surface area contributed by atoms with Crippen molar-refractivity contribution < 1.29 is 19.0 Å². The molecule has 106 valence electrons. The zero-order valence-corrected chi connectivity index (χ0v) is 11.7. The van der Waals surface area contributed by atoms with E-state index >= 15 is 0 Å². The number of hydrogen-bond donors (Lipinski definition) is 1. The van der Waals surface area contributed by atoms with Crippen LogP contribution < -0.4 is 9.47 Å². The van der Waals surface area contributed by atoms with Crippen LogP contribution in [-0.2, 0) is 13.2 Å². The van der Waals surface area contributed by atoms with Gasteiger partial charge in [0.05, 0.1) is 13.7 Å². The minimum Gasteiger partial charge on any atom is -0.496 e. The van der Waals surface area contributed by atoms with Crippen LogP contribution in [0.15, 0.2) is 36.4 Å². The van der Waals surface area contributed by atoms with Crippen LogP contribution in [0.2, 0.25) is 5.02 Å². The van der Waals surface area contributed by atoms with Crippen molar-refractivity contribution in [2.24, 2.45) is 0 Å². The maximum absolute atomic E-state index is 13.7. The maximum Gasteiger partial charge on any atom is 0.165 e. The normalized spacial score (nSPS) is 10.4. The third kappa shape index (κ3) is 3.21. The van der Waals surface area contributed by atoms with Gasteiger partial charge in [-0.2, -0.15) is 0 Å². The summed E-state index contributed by atoms with van der Waals surface area (Å²) in [5.41, 5.74) is 1.10. The number of halogens is 2. The van der Waals surface area contributed by atoms with E-state index in [2.05, 4.69) is 0 Å². The van der Waals surface area contributed by atoms with Gasteiger partial charge in [0.15, 0.2) is 11.6 Å². The molecular weight excluding hydrogens is 283 g/mol. The molecule has 0 aliphatic heterocycles. The quantitative estimate of drug-likeness (QED) is 0.917. The molecule has 0 fully saturated rings. The second-order valence-electron chi connectivity index (χ2n) is 4.13. The molecule has 0 aliphatic rings. The predicted octanol–water partition coefficient (Wildman–Crippen LogP) is 3.56. The van der Waals surface area contributed by atoms with Crippen LogP contribution in [0.1, 0.15) is 11.1 Å². The lowest BCUT2D eigenvalue weighted by molar-refractivity contribution is 0.249. The summed E-state index contributed by atoms with van der Waals surface area (Å²) in [5.74, 6) is 0.130. The van der Waals surface area contributed by atoms with E-state index in [4.69, 9.17) is 21.1 Å². The minimum atomic E-state index is -0.516. The molecule has 0 saturated carbocycles. The molecule has 0 heterocycles. The summed E-state index contributed by atoms with van der Waals surface area (Å²) < 4.78 is 24.4. The van der Waals surface area contributed by atoms with Gasteiger partial charge in [0, 0.05) is 16.1 Å². The van der Waals surface area contributed by atoms with Crippen LogP contribution in [0.4, 0.5) is 4.39 Å². The van der Waals surface area contributed by atoms with Gasteiger partial charge >= 0.3 is 0 Å². The third-order valence-corrected chi connectivity index (χ3v) is 3.07. The Balaban J connectivity index is 2.23. The number of methoxy groups -OCH3 is 1. The lowest BCUT2D eigenvalue weighted by Gasteiger charge is -2.13. The fourth-order valence-corrected chi connectivity index (χ4v) is 2.04. The lowest BCUT2D eigenvalue weighted by atomic mass is 10.2. The van der Waals surface area contributed by atoms with Crippen molar-refractivity contribution in [2.45, 2.75) is 13.2 Å². The molecule has 3 nitrogen and oxygen atoms in total. The number of aliphatic hydroxyl groups is 1. The Labute approximate surface area is 121 Å². The topological polar surface area (TPSA) is 38.7 Å².